The van der Waals surface area contributed by atoms with Crippen LogP contribution in [0.3, 0.4) is 0 Å². The predicted octanol–water partition coefficient (Wildman–Crippen LogP) is 0.625. The standard InChI is InChI=1S/C9H13N3O.ClH/c10-9(11)12-8(6-13)7-4-2-1-3-5-7;/h1-5,8,13H,6H2,(H4,10,11,12);1H. The van der Waals surface area contributed by atoms with Crippen LogP contribution in [-0.4, -0.2) is 17.7 Å². The Bertz CT molecular complexity index is 279. The Labute approximate surface area is 89.0 Å². The summed E-state index contributed by atoms with van der Waals surface area (Å²) in [6.07, 6.45) is 0. The largest absolute Gasteiger partial charge is 0.394 e. The molecular formula is C9H14ClN3O. The van der Waals surface area contributed by atoms with Gasteiger partial charge in [-0.1, -0.05) is 30.3 Å². The lowest BCUT2D eigenvalue weighted by Crippen LogP contribution is -2.35. The van der Waals surface area contributed by atoms with Crippen molar-refractivity contribution in [3.63, 3.8) is 0 Å². The molecule has 0 aliphatic rings. The highest BCUT2D eigenvalue weighted by Gasteiger charge is 2.08. The highest BCUT2D eigenvalue weighted by Crippen LogP contribution is 2.10. The zero-order valence-electron chi connectivity index (χ0n) is 7.60. The molecule has 1 rings (SSSR count). The van der Waals surface area contributed by atoms with Crippen LogP contribution in [0.1, 0.15) is 11.6 Å². The predicted molar refractivity (Wildman–Crippen MR) is 58.6 cm³/mol. The van der Waals surface area contributed by atoms with Crippen LogP contribution in [0.4, 0.5) is 0 Å². The molecule has 0 saturated carbocycles. The number of benzene rings is 1. The lowest BCUT2D eigenvalue weighted by Gasteiger charge is -2.15. The first kappa shape index (κ1) is 12.7. The summed E-state index contributed by atoms with van der Waals surface area (Å²) in [6.45, 7) is -0.0798. The third kappa shape index (κ3) is 3.64. The molecule has 4 nitrogen and oxygen atoms in total. The first-order valence-electron chi connectivity index (χ1n) is 4.00. The molecule has 0 amide bonds. The van der Waals surface area contributed by atoms with E-state index in [-0.39, 0.29) is 31.0 Å². The van der Waals surface area contributed by atoms with Gasteiger partial charge >= 0.3 is 0 Å². The van der Waals surface area contributed by atoms with Gasteiger partial charge in [-0.3, -0.25) is 5.41 Å². The number of guanidine groups is 1. The summed E-state index contributed by atoms with van der Waals surface area (Å²) >= 11 is 0. The van der Waals surface area contributed by atoms with Crippen molar-refractivity contribution in [3.8, 4) is 0 Å². The van der Waals surface area contributed by atoms with Gasteiger partial charge in [-0.05, 0) is 5.56 Å². The van der Waals surface area contributed by atoms with Gasteiger partial charge in [0.2, 0.25) is 0 Å². The summed E-state index contributed by atoms with van der Waals surface area (Å²) in [5.74, 6) is -0.136. The molecule has 0 spiro atoms. The van der Waals surface area contributed by atoms with E-state index >= 15 is 0 Å². The summed E-state index contributed by atoms with van der Waals surface area (Å²) < 4.78 is 0. The van der Waals surface area contributed by atoms with Crippen molar-refractivity contribution in [1.82, 2.24) is 5.32 Å². The van der Waals surface area contributed by atoms with E-state index in [9.17, 15) is 0 Å². The van der Waals surface area contributed by atoms with E-state index in [1.165, 1.54) is 0 Å². The van der Waals surface area contributed by atoms with E-state index in [2.05, 4.69) is 5.32 Å². The molecule has 0 bridgehead atoms. The fourth-order valence-electron chi connectivity index (χ4n) is 1.11. The Hall–Kier alpha value is -1.26. The second kappa shape index (κ2) is 6.23. The minimum Gasteiger partial charge on any atom is -0.394 e. The van der Waals surface area contributed by atoms with Crippen LogP contribution >= 0.6 is 12.4 Å². The highest BCUT2D eigenvalue weighted by molar-refractivity contribution is 5.85. The minimum atomic E-state index is -0.293. The molecule has 0 heterocycles. The van der Waals surface area contributed by atoms with Gasteiger partial charge in [-0.15, -0.1) is 12.4 Å². The van der Waals surface area contributed by atoms with Crippen LogP contribution in [-0.2, 0) is 0 Å². The second-order valence-corrected chi connectivity index (χ2v) is 2.70. The Morgan fingerprint density at radius 2 is 2.00 bits per heavy atom. The first-order chi connectivity index (χ1) is 6.24. The fraction of sp³-hybridized carbons (Fsp3) is 0.222. The van der Waals surface area contributed by atoms with Gasteiger partial charge in [0, 0.05) is 0 Å². The molecule has 1 unspecified atom stereocenters. The van der Waals surface area contributed by atoms with Crippen LogP contribution in [0.15, 0.2) is 30.3 Å². The van der Waals surface area contributed by atoms with Gasteiger partial charge < -0.3 is 16.2 Å². The SMILES string of the molecule is Cl.N=C(N)NC(CO)c1ccccc1. The molecule has 0 radical (unpaired) electrons. The molecule has 1 aromatic rings. The third-order valence-corrected chi connectivity index (χ3v) is 1.71. The van der Waals surface area contributed by atoms with Crippen LogP contribution in [0.25, 0.3) is 0 Å². The second-order valence-electron chi connectivity index (χ2n) is 2.70. The number of nitrogens with one attached hydrogen (secondary N) is 2. The Morgan fingerprint density at radius 1 is 1.43 bits per heavy atom. The van der Waals surface area contributed by atoms with E-state index in [1.54, 1.807) is 0 Å². The molecular weight excluding hydrogens is 202 g/mol. The number of rotatable bonds is 3. The molecule has 0 fully saturated rings. The van der Waals surface area contributed by atoms with Crippen molar-refractivity contribution in [3.05, 3.63) is 35.9 Å². The van der Waals surface area contributed by atoms with Crippen molar-refractivity contribution in [1.29, 1.82) is 5.41 Å². The van der Waals surface area contributed by atoms with Crippen molar-refractivity contribution in [2.24, 2.45) is 5.73 Å². The summed E-state index contributed by atoms with van der Waals surface area (Å²) in [5.41, 5.74) is 6.08. The summed E-state index contributed by atoms with van der Waals surface area (Å²) in [4.78, 5) is 0. The molecule has 1 aromatic carbocycles. The van der Waals surface area contributed by atoms with Crippen molar-refractivity contribution in [2.45, 2.75) is 6.04 Å². The zero-order chi connectivity index (χ0) is 9.68. The topological polar surface area (TPSA) is 82.1 Å². The maximum absolute atomic E-state index is 9.01. The lowest BCUT2D eigenvalue weighted by atomic mass is 10.1. The maximum Gasteiger partial charge on any atom is 0.186 e. The van der Waals surface area contributed by atoms with Crippen LogP contribution in [0, 0.1) is 5.41 Å². The fourth-order valence-corrected chi connectivity index (χ4v) is 1.11. The molecule has 5 heteroatoms. The van der Waals surface area contributed by atoms with Crippen molar-refractivity contribution in [2.75, 3.05) is 6.61 Å². The van der Waals surface area contributed by atoms with E-state index in [1.807, 2.05) is 30.3 Å². The van der Waals surface area contributed by atoms with E-state index in [0.717, 1.165) is 5.56 Å². The molecule has 0 aliphatic heterocycles. The molecule has 14 heavy (non-hydrogen) atoms. The van der Waals surface area contributed by atoms with E-state index in [4.69, 9.17) is 16.2 Å². The number of hydrogen-bond donors (Lipinski definition) is 4. The van der Waals surface area contributed by atoms with Crippen LogP contribution in [0.5, 0.6) is 0 Å². The molecule has 1 atom stereocenters. The number of aliphatic hydroxyl groups excluding tert-OH is 1. The number of aliphatic hydroxyl groups is 1. The van der Waals surface area contributed by atoms with Gasteiger partial charge in [-0.25, -0.2) is 0 Å². The van der Waals surface area contributed by atoms with Gasteiger partial charge in [-0.2, -0.15) is 0 Å². The van der Waals surface area contributed by atoms with Crippen molar-refractivity contribution >= 4 is 18.4 Å². The lowest BCUT2D eigenvalue weighted by molar-refractivity contribution is 0.257. The molecule has 0 aliphatic carbocycles. The van der Waals surface area contributed by atoms with Crippen molar-refractivity contribution < 1.29 is 5.11 Å². The summed E-state index contributed by atoms with van der Waals surface area (Å²) in [7, 11) is 0. The quantitative estimate of drug-likeness (QED) is 0.441. The van der Waals surface area contributed by atoms with E-state index < -0.39 is 0 Å². The van der Waals surface area contributed by atoms with Crippen LogP contribution in [0.2, 0.25) is 0 Å². The van der Waals surface area contributed by atoms with E-state index in [0.29, 0.717) is 0 Å². The summed E-state index contributed by atoms with van der Waals surface area (Å²) in [6, 6.07) is 9.10. The third-order valence-electron chi connectivity index (χ3n) is 1.71. The Balaban J connectivity index is 0.00000169. The number of halogens is 1. The zero-order valence-corrected chi connectivity index (χ0v) is 8.42. The average Bonchev–Trinajstić information content (AvgIpc) is 2.15. The van der Waals surface area contributed by atoms with Gasteiger partial charge in [0.25, 0.3) is 0 Å². The maximum atomic E-state index is 9.01. The molecule has 0 saturated heterocycles. The minimum absolute atomic E-state index is 0. The Kier molecular flexibility index (Phi) is 5.67. The smallest absolute Gasteiger partial charge is 0.186 e. The first-order valence-corrected chi connectivity index (χ1v) is 4.00. The van der Waals surface area contributed by atoms with Gasteiger partial charge in [0.1, 0.15) is 0 Å². The summed E-state index contributed by atoms with van der Waals surface area (Å²) in [5, 5.41) is 18.7. The highest BCUT2D eigenvalue weighted by atomic mass is 35.5. The van der Waals surface area contributed by atoms with Crippen LogP contribution < -0.4 is 11.1 Å². The average molecular weight is 216 g/mol. The monoisotopic (exact) mass is 215 g/mol. The molecule has 5 N–H and O–H groups in total. The number of hydrogen-bond acceptors (Lipinski definition) is 2. The molecule has 78 valence electrons. The van der Waals surface area contributed by atoms with Gasteiger partial charge in [0.05, 0.1) is 12.6 Å². The van der Waals surface area contributed by atoms with Gasteiger partial charge in [0.15, 0.2) is 5.96 Å². The normalized spacial score (nSPS) is 11.2. The Morgan fingerprint density at radius 3 is 2.43 bits per heavy atom. The number of nitrogens with two attached hydrogens (primary N) is 1. The molecule has 0 aromatic heterocycles.